The van der Waals surface area contributed by atoms with Gasteiger partial charge in [0.05, 0.1) is 16.7 Å². The van der Waals surface area contributed by atoms with Gasteiger partial charge in [0, 0.05) is 122 Å². The van der Waals surface area contributed by atoms with Gasteiger partial charge in [-0.05, 0) is 68.8 Å². The molecular weight excluding hydrogens is 1140 g/mol. The zero-order valence-corrected chi connectivity index (χ0v) is 46.2. The van der Waals surface area contributed by atoms with Crippen LogP contribution < -0.4 is 14.5 Å². The molecule has 9 aromatic carbocycles. The van der Waals surface area contributed by atoms with E-state index in [9.17, 15) is 8.22 Å². The van der Waals surface area contributed by atoms with Crippen molar-refractivity contribution in [2.24, 2.45) is 14.0 Å². The Balaban J connectivity index is 0.00000658. The standard InChI is InChI=1S/C70H57N6O.Pt/c1-69(2,3)54-32-22-31-50-49-38-37-48(40-60(49)76(65(50)54)61-41-55(70(4,5)6)53(42-71-61)44-23-11-9-12-24-44)77-47-28-21-27-46(39-47)74-43-75(59-36-20-19-35-58(59)74)68-66-63(51-29-15-17-33-56(51)72(66)7)62(45-25-13-10-14-26-45)64-52-30-16-18-34-57(52)73(8)67(64)68;/h9-38,41-43H,1-8H3;/q-3;/i7D3,8D3;. The molecule has 0 spiro atoms. The zero-order valence-electron chi connectivity index (χ0n) is 50.0. The summed E-state index contributed by atoms with van der Waals surface area (Å²) in [5.41, 5.74) is 11.8. The maximum atomic E-state index is 9.27. The minimum atomic E-state index is -2.70. The molecule has 5 heterocycles. The molecule has 0 fully saturated rings. The van der Waals surface area contributed by atoms with Gasteiger partial charge in [-0.25, -0.2) is 4.98 Å². The number of aromatic nitrogens is 4. The van der Waals surface area contributed by atoms with Gasteiger partial charge in [-0.3, -0.25) is 0 Å². The fraction of sp³-hybridized carbons (Fsp3) is 0.143. The molecule has 1 aliphatic rings. The number of fused-ring (bicyclic) bond motifs is 10. The number of ether oxygens (including phenoxy) is 1. The molecule has 0 saturated heterocycles. The van der Waals surface area contributed by atoms with Crippen LogP contribution in [0.15, 0.2) is 194 Å². The second kappa shape index (κ2) is 18.4. The Kier molecular flexibility index (Phi) is 10.1. The smallest absolute Gasteiger partial charge is 0.135 e. The molecule has 78 heavy (non-hydrogen) atoms. The third kappa shape index (κ3) is 7.61. The molecule has 0 N–H and O–H groups in total. The summed E-state index contributed by atoms with van der Waals surface area (Å²) in [6, 6.07) is 69.1. The number of rotatable bonds is 7. The number of hydrogen-bond donors (Lipinski definition) is 0. The van der Waals surface area contributed by atoms with Gasteiger partial charge < -0.3 is 28.2 Å². The van der Waals surface area contributed by atoms with Gasteiger partial charge in [0.15, 0.2) is 0 Å². The largest absolute Gasteiger partial charge is 0.509 e. The summed E-state index contributed by atoms with van der Waals surface area (Å²) in [5, 5.41) is 4.95. The molecule has 13 aromatic rings. The van der Waals surface area contributed by atoms with E-state index in [1.165, 1.54) is 20.3 Å². The van der Waals surface area contributed by atoms with Crippen LogP contribution in [0, 0.1) is 18.8 Å². The molecule has 4 aromatic heterocycles. The SMILES string of the molecule is [2H]C([2H])([2H])n1c2ccccc2c2c(-c3ccccc3)c3c4ccccc4n(C([2H])([2H])[2H])c3c(N3[CH-]N(c4[c-]c(Oc5[c-]c6c(cc5)c5cccc(C(C)(C)C)c5n6-c5cc(C(C)(C)C)c(-c6ccccc6)cn5)ccc4)c4ccccc43)c21.[Pt]. The molecule has 0 unspecified atom stereocenters. The summed E-state index contributed by atoms with van der Waals surface area (Å²) in [6.07, 6.45) is 2.00. The summed E-state index contributed by atoms with van der Waals surface area (Å²) >= 11 is 0. The van der Waals surface area contributed by atoms with Crippen LogP contribution in [0.3, 0.4) is 0 Å². The molecule has 0 bridgehead atoms. The van der Waals surface area contributed by atoms with Crippen LogP contribution in [0.25, 0.3) is 93.5 Å². The number of aryl methyl sites for hydroxylation is 2. The van der Waals surface area contributed by atoms with Crippen molar-refractivity contribution in [2.75, 3.05) is 9.80 Å². The second-order valence-corrected chi connectivity index (χ2v) is 22.2. The Morgan fingerprint density at radius 3 is 1.72 bits per heavy atom. The Labute approximate surface area is 478 Å². The minimum absolute atomic E-state index is 0. The van der Waals surface area contributed by atoms with Crippen molar-refractivity contribution in [1.82, 2.24) is 18.7 Å². The molecule has 1 aliphatic heterocycles. The number of pyridine rings is 1. The van der Waals surface area contributed by atoms with Crippen LogP contribution in [-0.4, -0.2) is 18.7 Å². The van der Waals surface area contributed by atoms with Crippen molar-refractivity contribution in [3.63, 3.8) is 0 Å². The summed E-state index contributed by atoms with van der Waals surface area (Å²) < 4.78 is 67.5. The molecule has 7 nitrogen and oxygen atoms in total. The number of para-hydroxylation sites is 5. The van der Waals surface area contributed by atoms with Gasteiger partial charge in [-0.15, -0.1) is 48.1 Å². The maximum Gasteiger partial charge on any atom is 0.135 e. The van der Waals surface area contributed by atoms with E-state index in [4.69, 9.17) is 9.72 Å². The fourth-order valence-electron chi connectivity index (χ4n) is 11.9. The van der Waals surface area contributed by atoms with Crippen LogP contribution in [-0.2, 0) is 45.8 Å². The van der Waals surface area contributed by atoms with E-state index in [1.54, 1.807) is 0 Å². The first-order valence-electron chi connectivity index (χ1n) is 29.1. The first kappa shape index (κ1) is 42.7. The molecule has 8 heteroatoms. The van der Waals surface area contributed by atoms with Crippen LogP contribution in [0.5, 0.6) is 11.5 Å². The topological polar surface area (TPSA) is 43.4 Å². The predicted molar refractivity (Wildman–Crippen MR) is 320 cm³/mol. The number of benzene rings is 9. The Morgan fingerprint density at radius 1 is 0.513 bits per heavy atom. The molecule has 0 saturated carbocycles. The van der Waals surface area contributed by atoms with E-state index >= 15 is 0 Å². The van der Waals surface area contributed by atoms with Crippen LogP contribution in [0.4, 0.5) is 22.7 Å². The second-order valence-electron chi connectivity index (χ2n) is 22.2. The summed E-state index contributed by atoms with van der Waals surface area (Å²) in [6.45, 7) is 9.95. The molecular formula is C70H57N6OPt-3. The Morgan fingerprint density at radius 2 is 1.08 bits per heavy atom. The number of anilines is 4. The van der Waals surface area contributed by atoms with Gasteiger partial charge in [0.1, 0.15) is 5.82 Å². The Hall–Kier alpha value is -8.38. The van der Waals surface area contributed by atoms with Gasteiger partial charge in [-0.1, -0.05) is 174 Å². The monoisotopic (exact) mass is 1200 g/mol. The summed E-state index contributed by atoms with van der Waals surface area (Å²) in [5.74, 6) is 1.70. The first-order valence-corrected chi connectivity index (χ1v) is 26.1. The Bertz CT molecular complexity index is 4650. The van der Waals surface area contributed by atoms with Crippen molar-refractivity contribution in [2.45, 2.75) is 52.4 Å². The average Bonchev–Trinajstić information content (AvgIpc) is 1.53. The van der Waals surface area contributed by atoms with E-state index in [0.717, 1.165) is 66.3 Å². The van der Waals surface area contributed by atoms with Crippen molar-refractivity contribution in [1.29, 1.82) is 0 Å². The van der Waals surface area contributed by atoms with Gasteiger partial charge in [0.2, 0.25) is 0 Å². The zero-order chi connectivity index (χ0) is 57.5. The number of nitrogens with zero attached hydrogens (tertiary/aromatic N) is 6. The molecule has 0 amide bonds. The van der Waals surface area contributed by atoms with Crippen molar-refractivity contribution in [3.05, 3.63) is 224 Å². The third-order valence-electron chi connectivity index (χ3n) is 15.4. The molecule has 386 valence electrons. The van der Waals surface area contributed by atoms with E-state index in [2.05, 4.69) is 113 Å². The van der Waals surface area contributed by atoms with Crippen LogP contribution in [0.2, 0.25) is 0 Å². The molecule has 14 rings (SSSR count). The van der Waals surface area contributed by atoms with E-state index < -0.39 is 14.0 Å². The maximum absolute atomic E-state index is 9.27. The predicted octanol–water partition coefficient (Wildman–Crippen LogP) is 18.2. The summed E-state index contributed by atoms with van der Waals surface area (Å²) in [7, 11) is 0. The van der Waals surface area contributed by atoms with E-state index in [0.29, 0.717) is 61.4 Å². The van der Waals surface area contributed by atoms with E-state index in [-0.39, 0.29) is 31.9 Å². The van der Waals surface area contributed by atoms with Crippen molar-refractivity contribution >= 4 is 88.2 Å². The fourth-order valence-corrected chi connectivity index (χ4v) is 11.9. The number of hydrogen-bond acceptors (Lipinski definition) is 4. The molecule has 0 radical (unpaired) electrons. The van der Waals surface area contributed by atoms with Crippen LogP contribution >= 0.6 is 0 Å². The average molecular weight is 1200 g/mol. The first-order chi connectivity index (χ1) is 39.8. The van der Waals surface area contributed by atoms with Crippen molar-refractivity contribution in [3.8, 4) is 39.6 Å². The quantitative estimate of drug-likeness (QED) is 0.149. The van der Waals surface area contributed by atoms with Crippen molar-refractivity contribution < 1.29 is 34.0 Å². The van der Waals surface area contributed by atoms with Gasteiger partial charge >= 0.3 is 0 Å². The third-order valence-corrected chi connectivity index (χ3v) is 15.4. The van der Waals surface area contributed by atoms with E-state index in [1.807, 2.05) is 156 Å². The van der Waals surface area contributed by atoms with Gasteiger partial charge in [0.25, 0.3) is 0 Å². The molecule has 0 atom stereocenters. The van der Waals surface area contributed by atoms with Crippen LogP contribution in [0.1, 0.15) is 60.9 Å². The normalized spacial score (nSPS) is 14.4. The van der Waals surface area contributed by atoms with Gasteiger partial charge in [-0.2, -0.15) is 12.1 Å². The minimum Gasteiger partial charge on any atom is -0.509 e. The summed E-state index contributed by atoms with van der Waals surface area (Å²) in [4.78, 5) is 9.19. The molecule has 0 aliphatic carbocycles.